The van der Waals surface area contributed by atoms with Crippen molar-refractivity contribution in [1.82, 2.24) is 0 Å². The van der Waals surface area contributed by atoms with Crippen molar-refractivity contribution >= 4 is 31.4 Å². The minimum Gasteiger partial charge on any atom is -0.283 e. The molecule has 146 valence electrons. The Morgan fingerprint density at radius 3 is 2.41 bits per heavy atom. The molecule has 2 aromatic carbocycles. The molecular formula is C19H24N2O4S2. The lowest BCUT2D eigenvalue weighted by molar-refractivity contribution is 0.586. The molecule has 0 aromatic heterocycles. The maximum absolute atomic E-state index is 13.1. The number of rotatable bonds is 6. The van der Waals surface area contributed by atoms with Crippen molar-refractivity contribution in [2.24, 2.45) is 0 Å². The van der Waals surface area contributed by atoms with E-state index in [0.717, 1.165) is 24.0 Å². The summed E-state index contributed by atoms with van der Waals surface area (Å²) in [6.07, 6.45) is 1.99. The van der Waals surface area contributed by atoms with Crippen LogP contribution in [-0.4, -0.2) is 29.1 Å². The number of aryl methyl sites for hydroxylation is 2. The van der Waals surface area contributed by atoms with E-state index in [-0.39, 0.29) is 10.6 Å². The number of hydrogen-bond donors (Lipinski definition) is 1. The highest BCUT2D eigenvalue weighted by molar-refractivity contribution is 7.93. The van der Waals surface area contributed by atoms with Crippen molar-refractivity contribution < 1.29 is 16.8 Å². The molecule has 0 spiro atoms. The number of nitrogens with one attached hydrogen (secondary N) is 1. The Morgan fingerprint density at radius 2 is 1.74 bits per heavy atom. The summed E-state index contributed by atoms with van der Waals surface area (Å²) in [4.78, 5) is 0.234. The standard InChI is InChI=1S/C19H24N2O4S2/c1-3-13-26(22,23)20-17-9-8-16-5-4-12-21(19(16)14-17)27(24,25)18-10-6-15(2)7-11-18/h6-11,14,20H,3-5,12-13H2,1-2H3. The van der Waals surface area contributed by atoms with Crippen molar-refractivity contribution in [1.29, 1.82) is 0 Å². The number of benzene rings is 2. The second kappa shape index (κ2) is 7.52. The lowest BCUT2D eigenvalue weighted by atomic mass is 10.0. The van der Waals surface area contributed by atoms with Crippen LogP contribution in [0, 0.1) is 6.92 Å². The quantitative estimate of drug-likeness (QED) is 0.795. The third kappa shape index (κ3) is 4.27. The second-order valence-corrected chi connectivity index (χ2v) is 10.5. The summed E-state index contributed by atoms with van der Waals surface area (Å²) >= 11 is 0. The fraction of sp³-hybridized carbons (Fsp3) is 0.368. The van der Waals surface area contributed by atoms with Crippen molar-refractivity contribution in [3.05, 3.63) is 53.6 Å². The van der Waals surface area contributed by atoms with Crippen LogP contribution in [0.1, 0.15) is 30.9 Å². The van der Waals surface area contributed by atoms with Crippen LogP contribution in [0.3, 0.4) is 0 Å². The largest absolute Gasteiger partial charge is 0.283 e. The number of anilines is 2. The summed E-state index contributed by atoms with van der Waals surface area (Å²) in [5.74, 6) is 0.0233. The topological polar surface area (TPSA) is 83.6 Å². The number of sulfonamides is 2. The summed E-state index contributed by atoms with van der Waals surface area (Å²) < 4.78 is 54.3. The molecule has 1 heterocycles. The first-order valence-corrected chi connectivity index (χ1v) is 12.0. The van der Waals surface area contributed by atoms with Gasteiger partial charge in [0.1, 0.15) is 0 Å². The predicted molar refractivity (Wildman–Crippen MR) is 108 cm³/mol. The lowest BCUT2D eigenvalue weighted by Gasteiger charge is -2.31. The van der Waals surface area contributed by atoms with Crippen molar-refractivity contribution in [2.45, 2.75) is 38.0 Å². The molecule has 0 aliphatic carbocycles. The zero-order chi connectivity index (χ0) is 19.7. The van der Waals surface area contributed by atoms with Crippen LogP contribution in [0.5, 0.6) is 0 Å². The van der Waals surface area contributed by atoms with Crippen LogP contribution in [0.25, 0.3) is 0 Å². The maximum Gasteiger partial charge on any atom is 0.264 e. The first-order valence-electron chi connectivity index (χ1n) is 8.96. The molecule has 0 unspecified atom stereocenters. The van der Waals surface area contributed by atoms with E-state index < -0.39 is 20.0 Å². The maximum atomic E-state index is 13.1. The molecule has 0 bridgehead atoms. The average Bonchev–Trinajstić information content (AvgIpc) is 2.61. The highest BCUT2D eigenvalue weighted by atomic mass is 32.2. The van der Waals surface area contributed by atoms with Gasteiger partial charge in [0, 0.05) is 6.54 Å². The number of fused-ring (bicyclic) bond motifs is 1. The molecular weight excluding hydrogens is 384 g/mol. The highest BCUT2D eigenvalue weighted by Gasteiger charge is 2.29. The Morgan fingerprint density at radius 1 is 1.04 bits per heavy atom. The monoisotopic (exact) mass is 408 g/mol. The molecule has 3 rings (SSSR count). The number of nitrogens with zero attached hydrogens (tertiary/aromatic N) is 1. The third-order valence-electron chi connectivity index (χ3n) is 4.52. The van der Waals surface area contributed by atoms with Crippen LogP contribution in [0.4, 0.5) is 11.4 Å². The molecule has 8 heteroatoms. The second-order valence-electron chi connectivity index (χ2n) is 6.76. The minimum absolute atomic E-state index is 0.0233. The van der Waals surface area contributed by atoms with Crippen LogP contribution in [-0.2, 0) is 26.5 Å². The zero-order valence-corrected chi connectivity index (χ0v) is 17.1. The normalized spacial score (nSPS) is 14.7. The molecule has 0 atom stereocenters. The van der Waals surface area contributed by atoms with Crippen LogP contribution >= 0.6 is 0 Å². The van der Waals surface area contributed by atoms with Gasteiger partial charge < -0.3 is 0 Å². The molecule has 27 heavy (non-hydrogen) atoms. The molecule has 1 aliphatic rings. The Kier molecular flexibility index (Phi) is 5.48. The molecule has 0 amide bonds. The van der Waals surface area contributed by atoms with Gasteiger partial charge in [0.15, 0.2) is 0 Å². The smallest absolute Gasteiger partial charge is 0.264 e. The van der Waals surface area contributed by atoms with E-state index in [1.54, 1.807) is 49.4 Å². The van der Waals surface area contributed by atoms with E-state index in [4.69, 9.17) is 0 Å². The fourth-order valence-electron chi connectivity index (χ4n) is 3.19. The first kappa shape index (κ1) is 19.7. The summed E-state index contributed by atoms with van der Waals surface area (Å²) in [6.45, 7) is 4.07. The molecule has 1 N–H and O–H groups in total. The van der Waals surface area contributed by atoms with E-state index in [0.29, 0.717) is 24.3 Å². The molecule has 0 radical (unpaired) electrons. The molecule has 0 saturated heterocycles. The highest BCUT2D eigenvalue weighted by Crippen LogP contribution is 2.34. The SMILES string of the molecule is CCCS(=O)(=O)Nc1ccc2c(c1)N(S(=O)(=O)c1ccc(C)cc1)CCC2. The van der Waals surface area contributed by atoms with Gasteiger partial charge in [-0.3, -0.25) is 9.03 Å². The predicted octanol–water partition coefficient (Wildman–Crippen LogP) is 3.29. The van der Waals surface area contributed by atoms with Gasteiger partial charge in [0.25, 0.3) is 10.0 Å². The molecule has 1 aliphatic heterocycles. The van der Waals surface area contributed by atoms with Crippen molar-refractivity contribution in [2.75, 3.05) is 21.3 Å². The zero-order valence-electron chi connectivity index (χ0n) is 15.5. The van der Waals surface area contributed by atoms with Gasteiger partial charge in [-0.15, -0.1) is 0 Å². The minimum atomic E-state index is -3.71. The van der Waals surface area contributed by atoms with Gasteiger partial charge in [0.05, 0.1) is 22.0 Å². The number of hydrogen-bond acceptors (Lipinski definition) is 4. The molecule has 0 fully saturated rings. The van der Waals surface area contributed by atoms with Gasteiger partial charge in [-0.05, 0) is 56.0 Å². The first-order chi connectivity index (χ1) is 12.7. The van der Waals surface area contributed by atoms with Gasteiger partial charge in [-0.1, -0.05) is 30.7 Å². The Hall–Kier alpha value is -2.06. The van der Waals surface area contributed by atoms with Crippen LogP contribution < -0.4 is 9.03 Å². The summed E-state index contributed by atoms with van der Waals surface area (Å²) in [5, 5.41) is 0. The van der Waals surface area contributed by atoms with E-state index >= 15 is 0 Å². The Balaban J connectivity index is 2.00. The van der Waals surface area contributed by atoms with Crippen molar-refractivity contribution in [3.8, 4) is 0 Å². The van der Waals surface area contributed by atoms with Crippen molar-refractivity contribution in [3.63, 3.8) is 0 Å². The average molecular weight is 409 g/mol. The Labute approximate surface area is 161 Å². The molecule has 0 saturated carbocycles. The summed E-state index contributed by atoms with van der Waals surface area (Å²) in [6, 6.07) is 11.9. The van der Waals surface area contributed by atoms with Crippen LogP contribution in [0.15, 0.2) is 47.4 Å². The van der Waals surface area contributed by atoms with E-state index in [9.17, 15) is 16.8 Å². The molecule has 6 nitrogen and oxygen atoms in total. The lowest BCUT2D eigenvalue weighted by Crippen LogP contribution is -2.35. The van der Waals surface area contributed by atoms with E-state index in [2.05, 4.69) is 4.72 Å². The van der Waals surface area contributed by atoms with Crippen LogP contribution in [0.2, 0.25) is 0 Å². The van der Waals surface area contributed by atoms with Gasteiger partial charge in [-0.2, -0.15) is 0 Å². The van der Waals surface area contributed by atoms with E-state index in [1.165, 1.54) is 4.31 Å². The Bertz CT molecular complexity index is 1030. The van der Waals surface area contributed by atoms with Gasteiger partial charge >= 0.3 is 0 Å². The summed E-state index contributed by atoms with van der Waals surface area (Å²) in [7, 11) is -7.15. The van der Waals surface area contributed by atoms with Gasteiger partial charge in [0.2, 0.25) is 10.0 Å². The van der Waals surface area contributed by atoms with Gasteiger partial charge in [-0.25, -0.2) is 16.8 Å². The van der Waals surface area contributed by atoms with E-state index in [1.807, 2.05) is 6.92 Å². The summed E-state index contributed by atoms with van der Waals surface area (Å²) in [5.41, 5.74) is 2.81. The fourth-order valence-corrected chi connectivity index (χ4v) is 5.85. The third-order valence-corrected chi connectivity index (χ3v) is 7.84. The molecule has 2 aromatic rings.